The minimum absolute atomic E-state index is 0.0398. The molecule has 1 aliphatic rings. The van der Waals surface area contributed by atoms with Gasteiger partial charge in [-0.2, -0.15) is 0 Å². The summed E-state index contributed by atoms with van der Waals surface area (Å²) in [6.45, 7) is 0. The van der Waals surface area contributed by atoms with Crippen LogP contribution in [0.3, 0.4) is 0 Å². The van der Waals surface area contributed by atoms with E-state index in [2.05, 4.69) is 5.32 Å². The molecule has 0 spiro atoms. The van der Waals surface area contributed by atoms with Crippen LogP contribution in [0, 0.1) is 5.92 Å². The molecule has 2 aromatic carbocycles. The van der Waals surface area contributed by atoms with Crippen molar-refractivity contribution in [3.8, 4) is 11.5 Å². The highest BCUT2D eigenvalue weighted by molar-refractivity contribution is 5.83. The lowest BCUT2D eigenvalue weighted by Crippen LogP contribution is -2.30. The second kappa shape index (κ2) is 7.80. The number of furan rings is 1. The van der Waals surface area contributed by atoms with Gasteiger partial charge in [0.25, 0.3) is 0 Å². The van der Waals surface area contributed by atoms with Crippen molar-refractivity contribution in [1.82, 2.24) is 5.32 Å². The lowest BCUT2D eigenvalue weighted by molar-refractivity contribution is -0.122. The summed E-state index contributed by atoms with van der Waals surface area (Å²) < 4.78 is 16.0. The summed E-state index contributed by atoms with van der Waals surface area (Å²) in [7, 11) is 3.28. The second-order valence-electron chi connectivity index (χ2n) is 6.95. The Morgan fingerprint density at radius 3 is 2.00 bits per heavy atom. The molecule has 0 saturated heterocycles. The number of methoxy groups -OCH3 is 2. The van der Waals surface area contributed by atoms with Crippen molar-refractivity contribution >= 4 is 5.91 Å². The molecule has 4 rings (SSSR count). The lowest BCUT2D eigenvalue weighted by Gasteiger charge is -2.20. The van der Waals surface area contributed by atoms with Gasteiger partial charge in [-0.1, -0.05) is 24.3 Å². The van der Waals surface area contributed by atoms with Crippen LogP contribution in [-0.2, 0) is 4.79 Å². The highest BCUT2D eigenvalue weighted by Crippen LogP contribution is 2.48. The van der Waals surface area contributed by atoms with E-state index in [1.807, 2.05) is 60.7 Å². The van der Waals surface area contributed by atoms with E-state index in [-0.39, 0.29) is 23.8 Å². The first kappa shape index (κ1) is 18.2. The predicted molar refractivity (Wildman–Crippen MR) is 106 cm³/mol. The summed E-state index contributed by atoms with van der Waals surface area (Å²) >= 11 is 0. The molecular weight excluding hydrogens is 354 g/mol. The Balaban J connectivity index is 1.56. The van der Waals surface area contributed by atoms with Gasteiger partial charge in [0, 0.05) is 11.8 Å². The molecule has 1 aliphatic carbocycles. The maximum Gasteiger partial charge on any atom is 0.224 e. The molecule has 3 aromatic rings. The maximum absolute atomic E-state index is 12.9. The standard InChI is InChI=1S/C23H23NO4/c1-26-17-9-5-15(6-10-17)22(16-7-11-18(27-2)12-8-16)24-23(25)20-14-19(20)21-4-3-13-28-21/h3-13,19-20,22H,14H2,1-2H3,(H,24,25). The van der Waals surface area contributed by atoms with Crippen LogP contribution >= 0.6 is 0 Å². The summed E-state index contributed by atoms with van der Waals surface area (Å²) in [5, 5.41) is 3.22. The van der Waals surface area contributed by atoms with Crippen molar-refractivity contribution in [1.29, 1.82) is 0 Å². The maximum atomic E-state index is 12.9. The molecule has 1 N–H and O–H groups in total. The molecule has 2 atom stereocenters. The van der Waals surface area contributed by atoms with Gasteiger partial charge in [0.15, 0.2) is 0 Å². The fourth-order valence-electron chi connectivity index (χ4n) is 3.50. The van der Waals surface area contributed by atoms with E-state index in [9.17, 15) is 4.79 Å². The third-order valence-corrected chi connectivity index (χ3v) is 5.22. The average Bonchev–Trinajstić information content (AvgIpc) is 3.37. The van der Waals surface area contributed by atoms with E-state index >= 15 is 0 Å². The Labute approximate surface area is 164 Å². The van der Waals surface area contributed by atoms with Crippen molar-refractivity contribution in [3.05, 3.63) is 83.8 Å². The molecule has 1 fully saturated rings. The van der Waals surface area contributed by atoms with Gasteiger partial charge < -0.3 is 19.2 Å². The van der Waals surface area contributed by atoms with Crippen molar-refractivity contribution in [3.63, 3.8) is 0 Å². The molecule has 0 aliphatic heterocycles. The number of nitrogens with one attached hydrogen (secondary N) is 1. The average molecular weight is 377 g/mol. The van der Waals surface area contributed by atoms with Gasteiger partial charge in [-0.15, -0.1) is 0 Å². The van der Waals surface area contributed by atoms with Crippen molar-refractivity contribution in [2.75, 3.05) is 14.2 Å². The minimum atomic E-state index is -0.248. The van der Waals surface area contributed by atoms with Gasteiger partial charge >= 0.3 is 0 Å². The third-order valence-electron chi connectivity index (χ3n) is 5.22. The van der Waals surface area contributed by atoms with Gasteiger partial charge in [0.1, 0.15) is 17.3 Å². The summed E-state index contributed by atoms with van der Waals surface area (Å²) in [5.74, 6) is 2.60. The zero-order chi connectivity index (χ0) is 19.5. The Morgan fingerprint density at radius 2 is 1.54 bits per heavy atom. The van der Waals surface area contributed by atoms with Crippen LogP contribution in [0.15, 0.2) is 71.3 Å². The number of amides is 1. The smallest absolute Gasteiger partial charge is 0.224 e. The number of carbonyl (C=O) groups excluding carboxylic acids is 1. The van der Waals surface area contributed by atoms with Gasteiger partial charge in [-0.25, -0.2) is 0 Å². The van der Waals surface area contributed by atoms with Crippen molar-refractivity contribution in [2.45, 2.75) is 18.4 Å². The molecule has 28 heavy (non-hydrogen) atoms. The number of carbonyl (C=O) groups is 1. The van der Waals surface area contributed by atoms with E-state index in [0.717, 1.165) is 34.8 Å². The predicted octanol–water partition coefficient (Wildman–Crippen LogP) is 4.31. The SMILES string of the molecule is COc1ccc(C(NC(=O)C2CC2c2ccco2)c2ccc(OC)cc2)cc1. The summed E-state index contributed by atoms with van der Waals surface area (Å²) in [5.41, 5.74) is 1.99. The topological polar surface area (TPSA) is 60.7 Å². The van der Waals surface area contributed by atoms with Crippen LogP contribution < -0.4 is 14.8 Å². The molecule has 0 bridgehead atoms. The number of hydrogen-bond acceptors (Lipinski definition) is 4. The monoisotopic (exact) mass is 377 g/mol. The van der Waals surface area contributed by atoms with Crippen LogP contribution in [0.1, 0.15) is 35.3 Å². The Kier molecular flexibility index (Phi) is 5.06. The molecule has 5 heteroatoms. The quantitative estimate of drug-likeness (QED) is 0.667. The van der Waals surface area contributed by atoms with E-state index in [0.29, 0.717) is 0 Å². The first-order chi connectivity index (χ1) is 13.7. The Bertz CT molecular complexity index is 869. The number of ether oxygens (including phenoxy) is 2. The molecule has 5 nitrogen and oxygen atoms in total. The van der Waals surface area contributed by atoms with Crippen LogP contribution in [0.4, 0.5) is 0 Å². The highest BCUT2D eigenvalue weighted by Gasteiger charge is 2.46. The molecular formula is C23H23NO4. The highest BCUT2D eigenvalue weighted by atomic mass is 16.5. The molecule has 144 valence electrons. The van der Waals surface area contributed by atoms with Crippen LogP contribution in [0.25, 0.3) is 0 Å². The summed E-state index contributed by atoms with van der Waals surface area (Å²) in [6.07, 6.45) is 2.47. The van der Waals surface area contributed by atoms with Crippen molar-refractivity contribution in [2.24, 2.45) is 5.92 Å². The van der Waals surface area contributed by atoms with Gasteiger partial charge in [0.05, 0.1) is 26.5 Å². The van der Waals surface area contributed by atoms with Gasteiger partial charge in [-0.05, 0) is 53.9 Å². The lowest BCUT2D eigenvalue weighted by atomic mass is 9.98. The van der Waals surface area contributed by atoms with E-state index in [1.54, 1.807) is 20.5 Å². The normalized spacial score (nSPS) is 18.0. The first-order valence-electron chi connectivity index (χ1n) is 9.31. The van der Waals surface area contributed by atoms with E-state index in [1.165, 1.54) is 0 Å². The number of hydrogen-bond donors (Lipinski definition) is 1. The van der Waals surface area contributed by atoms with E-state index < -0.39 is 0 Å². The Hall–Kier alpha value is -3.21. The second-order valence-corrected chi connectivity index (χ2v) is 6.95. The number of benzene rings is 2. The zero-order valence-electron chi connectivity index (χ0n) is 15.9. The fraction of sp³-hybridized carbons (Fsp3) is 0.261. The van der Waals surface area contributed by atoms with Gasteiger partial charge in [0.2, 0.25) is 5.91 Å². The zero-order valence-corrected chi connectivity index (χ0v) is 15.9. The summed E-state index contributed by atoms with van der Waals surface area (Å²) in [4.78, 5) is 12.9. The largest absolute Gasteiger partial charge is 0.497 e. The van der Waals surface area contributed by atoms with Crippen molar-refractivity contribution < 1.29 is 18.7 Å². The molecule has 1 saturated carbocycles. The molecule has 1 aromatic heterocycles. The van der Waals surface area contributed by atoms with Gasteiger partial charge in [-0.3, -0.25) is 4.79 Å². The molecule has 0 radical (unpaired) electrons. The van der Waals surface area contributed by atoms with E-state index in [4.69, 9.17) is 13.9 Å². The van der Waals surface area contributed by atoms with Crippen LogP contribution in [-0.4, -0.2) is 20.1 Å². The van der Waals surface area contributed by atoms with Crippen LogP contribution in [0.2, 0.25) is 0 Å². The molecule has 1 amide bonds. The number of rotatable bonds is 7. The third kappa shape index (κ3) is 3.74. The van der Waals surface area contributed by atoms with Crippen LogP contribution in [0.5, 0.6) is 11.5 Å². The molecule has 1 heterocycles. The summed E-state index contributed by atoms with van der Waals surface area (Å²) in [6, 6.07) is 19.1. The molecule has 2 unspecified atom stereocenters. The fourth-order valence-corrected chi connectivity index (χ4v) is 3.50. The first-order valence-corrected chi connectivity index (χ1v) is 9.31. The Morgan fingerprint density at radius 1 is 0.964 bits per heavy atom. The minimum Gasteiger partial charge on any atom is -0.497 e.